The summed E-state index contributed by atoms with van der Waals surface area (Å²) in [6.45, 7) is -2.82. The molecule has 0 atom stereocenters. The molecular formula is C9H8F2N2O. The van der Waals surface area contributed by atoms with Crippen molar-refractivity contribution in [2.45, 2.75) is 6.61 Å². The van der Waals surface area contributed by atoms with E-state index in [1.165, 1.54) is 6.07 Å². The van der Waals surface area contributed by atoms with Crippen LogP contribution in [0.25, 0.3) is 0 Å². The molecule has 1 rings (SSSR count). The van der Waals surface area contributed by atoms with Crippen LogP contribution in [0, 0.1) is 11.3 Å². The zero-order valence-corrected chi connectivity index (χ0v) is 7.21. The van der Waals surface area contributed by atoms with E-state index in [-0.39, 0.29) is 12.3 Å². The third-order valence-electron chi connectivity index (χ3n) is 1.46. The Labute approximate surface area is 79.9 Å². The van der Waals surface area contributed by atoms with E-state index in [9.17, 15) is 8.78 Å². The maximum atomic E-state index is 11.9. The van der Waals surface area contributed by atoms with Crippen LogP contribution < -0.4 is 10.1 Å². The second-order valence-electron chi connectivity index (χ2n) is 2.39. The number of nitrogens with one attached hydrogen (secondary N) is 1. The van der Waals surface area contributed by atoms with E-state index < -0.39 is 6.61 Å². The van der Waals surface area contributed by atoms with Crippen molar-refractivity contribution in [3.05, 3.63) is 24.3 Å². The summed E-state index contributed by atoms with van der Waals surface area (Å²) < 4.78 is 28.1. The van der Waals surface area contributed by atoms with E-state index >= 15 is 0 Å². The zero-order chi connectivity index (χ0) is 10.4. The van der Waals surface area contributed by atoms with Crippen LogP contribution in [-0.2, 0) is 0 Å². The number of hydrogen-bond acceptors (Lipinski definition) is 3. The molecule has 0 radical (unpaired) electrons. The Morgan fingerprint density at radius 3 is 2.79 bits per heavy atom. The Balaban J connectivity index is 2.76. The third kappa shape index (κ3) is 2.90. The Kier molecular flexibility index (Phi) is 3.68. The van der Waals surface area contributed by atoms with Gasteiger partial charge in [0, 0.05) is 0 Å². The van der Waals surface area contributed by atoms with Gasteiger partial charge in [-0.15, -0.1) is 0 Å². The molecule has 0 amide bonds. The van der Waals surface area contributed by atoms with Gasteiger partial charge in [0.15, 0.2) is 0 Å². The molecule has 0 aliphatic rings. The normalized spacial score (nSPS) is 9.57. The van der Waals surface area contributed by atoms with Gasteiger partial charge < -0.3 is 10.1 Å². The minimum Gasteiger partial charge on any atom is -0.433 e. The van der Waals surface area contributed by atoms with Gasteiger partial charge >= 0.3 is 6.61 Å². The smallest absolute Gasteiger partial charge is 0.387 e. The number of ether oxygens (including phenoxy) is 1. The fourth-order valence-corrected chi connectivity index (χ4v) is 0.946. The van der Waals surface area contributed by atoms with Crippen LogP contribution in [0.3, 0.4) is 0 Å². The number of para-hydroxylation sites is 2. The van der Waals surface area contributed by atoms with Crippen molar-refractivity contribution in [2.24, 2.45) is 0 Å². The van der Waals surface area contributed by atoms with Crippen molar-refractivity contribution in [2.75, 3.05) is 11.9 Å². The van der Waals surface area contributed by atoms with Crippen LogP contribution in [-0.4, -0.2) is 13.2 Å². The van der Waals surface area contributed by atoms with Gasteiger partial charge in [0.25, 0.3) is 0 Å². The first kappa shape index (κ1) is 10.3. The van der Waals surface area contributed by atoms with Crippen LogP contribution in [0.15, 0.2) is 24.3 Å². The van der Waals surface area contributed by atoms with Crippen molar-refractivity contribution >= 4 is 5.69 Å². The summed E-state index contributed by atoms with van der Waals surface area (Å²) in [4.78, 5) is 0. The average molecular weight is 198 g/mol. The van der Waals surface area contributed by atoms with Gasteiger partial charge in [0.05, 0.1) is 11.8 Å². The van der Waals surface area contributed by atoms with Gasteiger partial charge in [-0.2, -0.15) is 14.0 Å². The van der Waals surface area contributed by atoms with Crippen LogP contribution in [0.1, 0.15) is 0 Å². The van der Waals surface area contributed by atoms with E-state index in [1.807, 2.05) is 6.07 Å². The molecule has 0 spiro atoms. The Hall–Kier alpha value is -1.83. The van der Waals surface area contributed by atoms with Gasteiger partial charge in [-0.3, -0.25) is 0 Å². The van der Waals surface area contributed by atoms with E-state index in [0.29, 0.717) is 5.69 Å². The molecule has 74 valence electrons. The lowest BCUT2D eigenvalue weighted by atomic mass is 10.3. The van der Waals surface area contributed by atoms with Crippen molar-refractivity contribution in [3.63, 3.8) is 0 Å². The maximum absolute atomic E-state index is 11.9. The summed E-state index contributed by atoms with van der Waals surface area (Å²) in [5, 5.41) is 10.9. The van der Waals surface area contributed by atoms with Crippen LogP contribution >= 0.6 is 0 Å². The number of benzene rings is 1. The van der Waals surface area contributed by atoms with Gasteiger partial charge in [-0.1, -0.05) is 12.1 Å². The first-order valence-electron chi connectivity index (χ1n) is 3.88. The highest BCUT2D eigenvalue weighted by Crippen LogP contribution is 2.24. The summed E-state index contributed by atoms with van der Waals surface area (Å²) in [6, 6.07) is 8.06. The highest BCUT2D eigenvalue weighted by Gasteiger charge is 2.07. The maximum Gasteiger partial charge on any atom is 0.387 e. The zero-order valence-electron chi connectivity index (χ0n) is 7.21. The van der Waals surface area contributed by atoms with Crippen molar-refractivity contribution in [1.29, 1.82) is 5.26 Å². The van der Waals surface area contributed by atoms with E-state index in [1.54, 1.807) is 18.2 Å². The minimum atomic E-state index is -2.86. The predicted molar refractivity (Wildman–Crippen MR) is 47.2 cm³/mol. The lowest BCUT2D eigenvalue weighted by molar-refractivity contribution is -0.0493. The van der Waals surface area contributed by atoms with Crippen molar-refractivity contribution < 1.29 is 13.5 Å². The molecule has 0 unspecified atom stereocenters. The number of alkyl halides is 2. The van der Waals surface area contributed by atoms with Gasteiger partial charge in [-0.05, 0) is 12.1 Å². The minimum absolute atomic E-state index is 0.0396. The molecule has 14 heavy (non-hydrogen) atoms. The lowest BCUT2D eigenvalue weighted by Crippen LogP contribution is -2.06. The fourth-order valence-electron chi connectivity index (χ4n) is 0.946. The Morgan fingerprint density at radius 1 is 1.43 bits per heavy atom. The van der Waals surface area contributed by atoms with Gasteiger partial charge in [-0.25, -0.2) is 0 Å². The highest BCUT2D eigenvalue weighted by atomic mass is 19.3. The molecular weight excluding hydrogens is 190 g/mol. The first-order valence-corrected chi connectivity index (χ1v) is 3.88. The molecule has 0 saturated carbocycles. The average Bonchev–Trinajstić information content (AvgIpc) is 2.16. The summed E-state index contributed by atoms with van der Waals surface area (Å²) in [5.74, 6) is 0.0396. The quantitative estimate of drug-likeness (QED) is 0.754. The number of hydrogen-bond donors (Lipinski definition) is 1. The van der Waals surface area contributed by atoms with E-state index in [0.717, 1.165) is 0 Å². The second-order valence-corrected chi connectivity index (χ2v) is 2.39. The van der Waals surface area contributed by atoms with Gasteiger partial charge in [0.2, 0.25) is 0 Å². The highest BCUT2D eigenvalue weighted by molar-refractivity contribution is 5.56. The Bertz CT molecular complexity index is 336. The first-order chi connectivity index (χ1) is 6.74. The third-order valence-corrected chi connectivity index (χ3v) is 1.46. The molecule has 1 N–H and O–H groups in total. The van der Waals surface area contributed by atoms with Crippen molar-refractivity contribution in [1.82, 2.24) is 0 Å². The molecule has 1 aromatic carbocycles. The van der Waals surface area contributed by atoms with Crippen LogP contribution in [0.5, 0.6) is 5.75 Å². The molecule has 0 heterocycles. The number of nitriles is 1. The molecule has 0 aliphatic carbocycles. The summed E-state index contributed by atoms with van der Waals surface area (Å²) in [6.07, 6.45) is 0. The lowest BCUT2D eigenvalue weighted by Gasteiger charge is -2.09. The molecule has 1 aromatic rings. The van der Waals surface area contributed by atoms with Crippen LogP contribution in [0.2, 0.25) is 0 Å². The molecule has 3 nitrogen and oxygen atoms in total. The molecule has 0 bridgehead atoms. The molecule has 5 heteroatoms. The topological polar surface area (TPSA) is 45.0 Å². The van der Waals surface area contributed by atoms with E-state index in [2.05, 4.69) is 10.1 Å². The summed E-state index contributed by atoms with van der Waals surface area (Å²) in [7, 11) is 0. The standard InChI is InChI=1S/C9H8F2N2O/c10-9(11)14-8-4-2-1-3-7(8)13-6-5-12/h1-4,9,13H,6H2. The summed E-state index contributed by atoms with van der Waals surface area (Å²) >= 11 is 0. The van der Waals surface area contributed by atoms with E-state index in [4.69, 9.17) is 5.26 Å². The summed E-state index contributed by atoms with van der Waals surface area (Å²) in [5.41, 5.74) is 0.384. The SMILES string of the molecule is N#CCNc1ccccc1OC(F)F. The van der Waals surface area contributed by atoms with Crippen molar-refractivity contribution in [3.8, 4) is 11.8 Å². The van der Waals surface area contributed by atoms with Crippen LogP contribution in [0.4, 0.5) is 14.5 Å². The molecule has 0 aromatic heterocycles. The van der Waals surface area contributed by atoms with Gasteiger partial charge in [0.1, 0.15) is 12.3 Å². The number of anilines is 1. The monoisotopic (exact) mass is 198 g/mol. The second kappa shape index (κ2) is 5.02. The predicted octanol–water partition coefficient (Wildman–Crippen LogP) is 2.22. The largest absolute Gasteiger partial charge is 0.433 e. The number of nitrogens with zero attached hydrogens (tertiary/aromatic N) is 1. The molecule has 0 aliphatic heterocycles. The number of halogens is 2. The number of rotatable bonds is 4. The Morgan fingerprint density at radius 2 is 2.14 bits per heavy atom. The molecule has 0 fully saturated rings. The fraction of sp³-hybridized carbons (Fsp3) is 0.222. The molecule has 0 saturated heterocycles.